The van der Waals surface area contributed by atoms with E-state index in [2.05, 4.69) is 51.8 Å². The predicted molar refractivity (Wildman–Crippen MR) is 95.4 cm³/mol. The fraction of sp³-hybridized carbons (Fsp3) is 0.824. The van der Waals surface area contributed by atoms with Crippen LogP contribution in [0.4, 0.5) is 5.13 Å². The summed E-state index contributed by atoms with van der Waals surface area (Å²) in [6.45, 7) is 17.7. The number of aromatic nitrogens is 1. The number of thiazole rings is 1. The largest absolute Gasteiger partial charge is 0.348 e. The van der Waals surface area contributed by atoms with Crippen molar-refractivity contribution in [3.8, 4) is 0 Å². The highest BCUT2D eigenvalue weighted by Gasteiger charge is 2.16. The van der Waals surface area contributed by atoms with Gasteiger partial charge in [0, 0.05) is 24.5 Å². The molecule has 1 unspecified atom stereocenters. The van der Waals surface area contributed by atoms with Crippen molar-refractivity contribution in [2.45, 2.75) is 60.9 Å². The monoisotopic (exact) mass is 311 g/mol. The van der Waals surface area contributed by atoms with Gasteiger partial charge in [-0.3, -0.25) is 0 Å². The minimum Gasteiger partial charge on any atom is -0.348 e. The molecule has 0 radical (unpaired) electrons. The number of rotatable bonds is 10. The summed E-state index contributed by atoms with van der Waals surface area (Å²) in [6, 6.07) is 0. The summed E-state index contributed by atoms with van der Waals surface area (Å²) in [5.74, 6) is 1.42. The molecule has 0 aliphatic carbocycles. The standard InChI is InChI=1S/C17H33N3S/c1-7-14(6)12-20(9-3)17-19-15(8-2)16(21-17)11-18-10-13(4)5/h13-14,18H,7-12H2,1-6H3. The zero-order chi connectivity index (χ0) is 15.8. The summed E-state index contributed by atoms with van der Waals surface area (Å²) in [7, 11) is 0. The van der Waals surface area contributed by atoms with Gasteiger partial charge in [0.05, 0.1) is 5.69 Å². The second-order valence-electron chi connectivity index (χ2n) is 6.30. The van der Waals surface area contributed by atoms with E-state index in [9.17, 15) is 0 Å². The first-order chi connectivity index (χ1) is 10.0. The lowest BCUT2D eigenvalue weighted by atomic mass is 10.1. The van der Waals surface area contributed by atoms with Crippen LogP contribution in [0.2, 0.25) is 0 Å². The van der Waals surface area contributed by atoms with Crippen LogP contribution in [-0.2, 0) is 13.0 Å². The summed E-state index contributed by atoms with van der Waals surface area (Å²) in [4.78, 5) is 8.74. The van der Waals surface area contributed by atoms with Crippen molar-refractivity contribution in [2.24, 2.45) is 11.8 Å². The topological polar surface area (TPSA) is 28.2 Å². The third kappa shape index (κ3) is 5.95. The van der Waals surface area contributed by atoms with E-state index < -0.39 is 0 Å². The maximum Gasteiger partial charge on any atom is 0.185 e. The van der Waals surface area contributed by atoms with E-state index >= 15 is 0 Å². The maximum atomic E-state index is 4.89. The quantitative estimate of drug-likeness (QED) is 0.697. The molecule has 1 heterocycles. The van der Waals surface area contributed by atoms with Gasteiger partial charge >= 0.3 is 0 Å². The van der Waals surface area contributed by atoms with Crippen LogP contribution in [0.25, 0.3) is 0 Å². The molecule has 4 heteroatoms. The van der Waals surface area contributed by atoms with Crippen LogP contribution in [0.5, 0.6) is 0 Å². The molecule has 0 spiro atoms. The molecule has 0 aliphatic rings. The summed E-state index contributed by atoms with van der Waals surface area (Å²) in [5.41, 5.74) is 1.27. The average molecular weight is 312 g/mol. The van der Waals surface area contributed by atoms with Crippen LogP contribution >= 0.6 is 11.3 Å². The molecule has 21 heavy (non-hydrogen) atoms. The summed E-state index contributed by atoms with van der Waals surface area (Å²) in [5, 5.41) is 4.75. The van der Waals surface area contributed by atoms with Gasteiger partial charge in [-0.2, -0.15) is 0 Å². The molecule has 122 valence electrons. The Balaban J connectivity index is 2.76. The van der Waals surface area contributed by atoms with Crippen LogP contribution in [0.3, 0.4) is 0 Å². The van der Waals surface area contributed by atoms with E-state index in [4.69, 9.17) is 4.98 Å². The Morgan fingerprint density at radius 1 is 1.19 bits per heavy atom. The molecule has 1 aromatic heterocycles. The van der Waals surface area contributed by atoms with E-state index in [-0.39, 0.29) is 0 Å². The molecule has 0 bridgehead atoms. The summed E-state index contributed by atoms with van der Waals surface area (Å²) < 4.78 is 0. The molecule has 0 amide bonds. The molecule has 1 rings (SSSR count). The van der Waals surface area contributed by atoms with Crippen LogP contribution in [0, 0.1) is 11.8 Å². The van der Waals surface area contributed by atoms with Gasteiger partial charge in [-0.1, -0.05) is 41.0 Å². The van der Waals surface area contributed by atoms with Crippen molar-refractivity contribution in [1.29, 1.82) is 0 Å². The van der Waals surface area contributed by atoms with Crippen molar-refractivity contribution < 1.29 is 0 Å². The van der Waals surface area contributed by atoms with E-state index in [1.807, 2.05) is 11.3 Å². The van der Waals surface area contributed by atoms with Crippen LogP contribution in [0.15, 0.2) is 0 Å². The molecule has 0 fully saturated rings. The van der Waals surface area contributed by atoms with Crippen molar-refractivity contribution in [3.63, 3.8) is 0 Å². The fourth-order valence-corrected chi connectivity index (χ4v) is 3.43. The van der Waals surface area contributed by atoms with Gasteiger partial charge < -0.3 is 10.2 Å². The highest BCUT2D eigenvalue weighted by Crippen LogP contribution is 2.27. The Labute approximate surface area is 135 Å². The zero-order valence-electron chi connectivity index (χ0n) is 14.7. The molecule has 1 N–H and O–H groups in total. The maximum absolute atomic E-state index is 4.89. The second-order valence-corrected chi connectivity index (χ2v) is 7.36. The second kappa shape index (κ2) is 9.42. The van der Waals surface area contributed by atoms with E-state index in [1.165, 1.54) is 22.1 Å². The fourth-order valence-electron chi connectivity index (χ4n) is 2.24. The van der Waals surface area contributed by atoms with Gasteiger partial charge in [0.1, 0.15) is 0 Å². The van der Waals surface area contributed by atoms with Crippen molar-refractivity contribution in [2.75, 3.05) is 24.5 Å². The third-order valence-corrected chi connectivity index (χ3v) is 4.98. The van der Waals surface area contributed by atoms with Crippen LogP contribution in [-0.4, -0.2) is 24.6 Å². The Hall–Kier alpha value is -0.610. The number of hydrogen-bond donors (Lipinski definition) is 1. The number of aryl methyl sites for hydroxylation is 1. The molecule has 0 aromatic carbocycles. The van der Waals surface area contributed by atoms with Crippen molar-refractivity contribution in [1.82, 2.24) is 10.3 Å². The highest BCUT2D eigenvalue weighted by molar-refractivity contribution is 7.15. The summed E-state index contributed by atoms with van der Waals surface area (Å²) >= 11 is 1.87. The van der Waals surface area contributed by atoms with Gasteiger partial charge in [-0.05, 0) is 31.7 Å². The molecule has 1 aromatic rings. The van der Waals surface area contributed by atoms with Gasteiger partial charge in [-0.15, -0.1) is 11.3 Å². The van der Waals surface area contributed by atoms with Crippen molar-refractivity contribution >= 4 is 16.5 Å². The molecule has 0 saturated carbocycles. The Morgan fingerprint density at radius 2 is 1.90 bits per heavy atom. The first kappa shape index (κ1) is 18.4. The van der Waals surface area contributed by atoms with Crippen LogP contribution < -0.4 is 10.2 Å². The molecule has 3 nitrogen and oxygen atoms in total. The first-order valence-electron chi connectivity index (χ1n) is 8.45. The molecule has 0 aliphatic heterocycles. The number of anilines is 1. The number of hydrogen-bond acceptors (Lipinski definition) is 4. The normalized spacial score (nSPS) is 12.9. The lowest BCUT2D eigenvalue weighted by molar-refractivity contribution is 0.547. The molecule has 0 saturated heterocycles. The first-order valence-corrected chi connectivity index (χ1v) is 9.27. The van der Waals surface area contributed by atoms with Gasteiger partial charge in [0.2, 0.25) is 0 Å². The molecular weight excluding hydrogens is 278 g/mol. The van der Waals surface area contributed by atoms with E-state index in [0.29, 0.717) is 5.92 Å². The number of nitrogens with one attached hydrogen (secondary N) is 1. The lowest BCUT2D eigenvalue weighted by Crippen LogP contribution is -2.27. The number of nitrogens with zero attached hydrogens (tertiary/aromatic N) is 2. The Morgan fingerprint density at radius 3 is 2.43 bits per heavy atom. The SMILES string of the molecule is CCc1nc(N(CC)CC(C)CC)sc1CNCC(C)C. The third-order valence-electron chi connectivity index (χ3n) is 3.82. The molecule has 1 atom stereocenters. The lowest BCUT2D eigenvalue weighted by Gasteiger charge is -2.23. The van der Waals surface area contributed by atoms with Crippen molar-refractivity contribution in [3.05, 3.63) is 10.6 Å². The zero-order valence-corrected chi connectivity index (χ0v) is 15.5. The van der Waals surface area contributed by atoms with Gasteiger partial charge in [-0.25, -0.2) is 4.98 Å². The summed E-state index contributed by atoms with van der Waals surface area (Å²) in [6.07, 6.45) is 2.25. The highest BCUT2D eigenvalue weighted by atomic mass is 32.1. The van der Waals surface area contributed by atoms with Gasteiger partial charge in [0.25, 0.3) is 0 Å². The smallest absolute Gasteiger partial charge is 0.185 e. The Bertz CT molecular complexity index is 401. The minimum absolute atomic E-state index is 0.694. The average Bonchev–Trinajstić information content (AvgIpc) is 2.87. The van der Waals surface area contributed by atoms with Gasteiger partial charge in [0.15, 0.2) is 5.13 Å². The predicted octanol–water partition coefficient (Wildman–Crippen LogP) is 4.32. The molecular formula is C17H33N3S. The van der Waals surface area contributed by atoms with Crippen LogP contribution in [0.1, 0.15) is 58.5 Å². The Kier molecular flexibility index (Phi) is 8.27. The van der Waals surface area contributed by atoms with E-state index in [0.717, 1.165) is 38.5 Å². The van der Waals surface area contributed by atoms with E-state index in [1.54, 1.807) is 0 Å². The minimum atomic E-state index is 0.694.